The van der Waals surface area contributed by atoms with E-state index in [2.05, 4.69) is 4.90 Å². The van der Waals surface area contributed by atoms with Crippen molar-refractivity contribution in [2.45, 2.75) is 19.4 Å². The van der Waals surface area contributed by atoms with Crippen molar-refractivity contribution in [2.24, 2.45) is 0 Å². The number of carboxylic acid groups (broad SMARTS) is 1. The van der Waals surface area contributed by atoms with Crippen LogP contribution in [0.15, 0.2) is 11.4 Å². The molecular weight excluding hydrogens is 266 g/mol. The third-order valence-electron chi connectivity index (χ3n) is 3.11. The van der Waals surface area contributed by atoms with Gasteiger partial charge in [-0.1, -0.05) is 0 Å². The first-order valence-electron chi connectivity index (χ1n) is 6.44. The molecule has 1 saturated heterocycles. The summed E-state index contributed by atoms with van der Waals surface area (Å²) in [5.41, 5.74) is 0. The Balaban J connectivity index is 1.78. The first kappa shape index (κ1) is 14.3. The molecule has 0 aromatic carbocycles. The smallest absolute Gasteiger partial charge is 0.349 e. The van der Waals surface area contributed by atoms with E-state index in [4.69, 9.17) is 14.6 Å². The lowest BCUT2D eigenvalue weighted by molar-refractivity contribution is 0.0326. The quantitative estimate of drug-likeness (QED) is 0.865. The summed E-state index contributed by atoms with van der Waals surface area (Å²) < 4.78 is 11.0. The van der Waals surface area contributed by atoms with E-state index < -0.39 is 5.97 Å². The van der Waals surface area contributed by atoms with E-state index in [9.17, 15) is 4.79 Å². The molecule has 1 unspecified atom stereocenters. The molecule has 0 aliphatic carbocycles. The van der Waals surface area contributed by atoms with Gasteiger partial charge in [-0.05, 0) is 24.8 Å². The highest BCUT2D eigenvalue weighted by atomic mass is 32.1. The molecule has 1 atom stereocenters. The van der Waals surface area contributed by atoms with Gasteiger partial charge >= 0.3 is 5.97 Å². The van der Waals surface area contributed by atoms with Crippen LogP contribution in [0.1, 0.15) is 23.0 Å². The molecule has 5 nitrogen and oxygen atoms in total. The molecule has 1 fully saturated rings. The van der Waals surface area contributed by atoms with Crippen LogP contribution in [-0.2, 0) is 4.74 Å². The van der Waals surface area contributed by atoms with Crippen molar-refractivity contribution >= 4 is 17.3 Å². The zero-order valence-electron chi connectivity index (χ0n) is 11.0. The summed E-state index contributed by atoms with van der Waals surface area (Å²) in [6.45, 7) is 6.45. The molecule has 2 heterocycles. The molecule has 1 aromatic heterocycles. The van der Waals surface area contributed by atoms with E-state index in [0.29, 0.717) is 5.75 Å². The number of hydrogen-bond acceptors (Lipinski definition) is 5. The summed E-state index contributed by atoms with van der Waals surface area (Å²) >= 11 is 1.19. The van der Waals surface area contributed by atoms with Crippen LogP contribution in [0.25, 0.3) is 0 Å². The Morgan fingerprint density at radius 3 is 3.00 bits per heavy atom. The first-order valence-corrected chi connectivity index (χ1v) is 7.32. The van der Waals surface area contributed by atoms with Crippen LogP contribution in [0.2, 0.25) is 0 Å². The van der Waals surface area contributed by atoms with E-state index >= 15 is 0 Å². The van der Waals surface area contributed by atoms with E-state index in [1.807, 2.05) is 6.92 Å². The minimum absolute atomic E-state index is 0.00976. The SMILES string of the molecule is CC(CCN1CCOCC1)Oc1ccsc1C(=O)O. The molecule has 1 aromatic rings. The Kier molecular flexibility index (Phi) is 5.18. The zero-order chi connectivity index (χ0) is 13.7. The molecule has 19 heavy (non-hydrogen) atoms. The third kappa shape index (κ3) is 4.19. The van der Waals surface area contributed by atoms with Gasteiger partial charge in [-0.2, -0.15) is 0 Å². The van der Waals surface area contributed by atoms with Crippen LogP contribution in [-0.4, -0.2) is 54.9 Å². The molecule has 0 bridgehead atoms. The lowest BCUT2D eigenvalue weighted by Gasteiger charge is -2.27. The molecule has 0 saturated carbocycles. The second kappa shape index (κ2) is 6.88. The molecule has 0 amide bonds. The number of nitrogens with zero attached hydrogens (tertiary/aromatic N) is 1. The monoisotopic (exact) mass is 285 g/mol. The fourth-order valence-corrected chi connectivity index (χ4v) is 2.67. The molecule has 1 aliphatic heterocycles. The van der Waals surface area contributed by atoms with E-state index in [1.165, 1.54) is 11.3 Å². The van der Waals surface area contributed by atoms with E-state index in [-0.39, 0.29) is 11.0 Å². The predicted molar refractivity (Wildman–Crippen MR) is 73.2 cm³/mol. The predicted octanol–water partition coefficient (Wildman–Crippen LogP) is 1.94. The maximum absolute atomic E-state index is 11.0. The summed E-state index contributed by atoms with van der Waals surface area (Å²) in [5.74, 6) is -0.447. The standard InChI is InChI=1S/C13H19NO4S/c1-10(2-4-14-5-7-17-8-6-14)18-11-3-9-19-12(11)13(15)16/h3,9-10H,2,4-8H2,1H3,(H,15,16). The zero-order valence-corrected chi connectivity index (χ0v) is 11.8. The molecular formula is C13H19NO4S. The average molecular weight is 285 g/mol. The Hall–Kier alpha value is -1.11. The maximum atomic E-state index is 11.0. The van der Waals surface area contributed by atoms with Gasteiger partial charge in [-0.25, -0.2) is 4.79 Å². The minimum Gasteiger partial charge on any atom is -0.489 e. The van der Waals surface area contributed by atoms with Crippen LogP contribution >= 0.6 is 11.3 Å². The van der Waals surface area contributed by atoms with Crippen molar-refractivity contribution in [1.82, 2.24) is 4.90 Å². The lowest BCUT2D eigenvalue weighted by Crippen LogP contribution is -2.38. The number of carboxylic acids is 1. The maximum Gasteiger partial charge on any atom is 0.349 e. The first-order chi connectivity index (χ1) is 9.16. The second-order valence-electron chi connectivity index (χ2n) is 4.59. The third-order valence-corrected chi connectivity index (χ3v) is 3.99. The van der Waals surface area contributed by atoms with Crippen molar-refractivity contribution < 1.29 is 19.4 Å². The number of rotatable bonds is 6. The summed E-state index contributed by atoms with van der Waals surface area (Å²) in [5, 5.41) is 10.8. The van der Waals surface area contributed by atoms with Gasteiger partial charge in [0, 0.05) is 19.6 Å². The summed E-state index contributed by atoms with van der Waals surface area (Å²) in [6, 6.07) is 1.72. The van der Waals surface area contributed by atoms with Crippen LogP contribution in [0.4, 0.5) is 0 Å². The Labute approximate surface area is 116 Å². The van der Waals surface area contributed by atoms with Gasteiger partial charge in [-0.3, -0.25) is 4.90 Å². The summed E-state index contributed by atoms with van der Waals surface area (Å²) in [6.07, 6.45) is 0.894. The topological polar surface area (TPSA) is 59.0 Å². The van der Waals surface area contributed by atoms with Crippen molar-refractivity contribution in [3.63, 3.8) is 0 Å². The van der Waals surface area contributed by atoms with Gasteiger partial charge in [0.2, 0.25) is 0 Å². The fourth-order valence-electron chi connectivity index (χ4n) is 2.01. The fraction of sp³-hybridized carbons (Fsp3) is 0.615. The lowest BCUT2D eigenvalue weighted by atomic mass is 10.2. The number of hydrogen-bond donors (Lipinski definition) is 1. The highest BCUT2D eigenvalue weighted by molar-refractivity contribution is 7.12. The van der Waals surface area contributed by atoms with Crippen LogP contribution in [0.5, 0.6) is 5.75 Å². The number of ether oxygens (including phenoxy) is 2. The van der Waals surface area contributed by atoms with Gasteiger partial charge in [0.15, 0.2) is 4.88 Å². The van der Waals surface area contributed by atoms with Crippen LogP contribution in [0.3, 0.4) is 0 Å². The molecule has 1 aliphatic rings. The van der Waals surface area contributed by atoms with Gasteiger partial charge in [0.1, 0.15) is 5.75 Å². The second-order valence-corrected chi connectivity index (χ2v) is 5.51. The summed E-state index contributed by atoms with van der Waals surface area (Å²) in [4.78, 5) is 13.6. The van der Waals surface area contributed by atoms with Gasteiger partial charge in [0.25, 0.3) is 0 Å². The van der Waals surface area contributed by atoms with E-state index in [0.717, 1.165) is 39.3 Å². The Morgan fingerprint density at radius 1 is 1.58 bits per heavy atom. The van der Waals surface area contributed by atoms with Crippen LogP contribution in [0, 0.1) is 0 Å². The van der Waals surface area contributed by atoms with Crippen molar-refractivity contribution in [2.75, 3.05) is 32.8 Å². The minimum atomic E-state index is -0.926. The van der Waals surface area contributed by atoms with Crippen molar-refractivity contribution in [3.05, 3.63) is 16.3 Å². The normalized spacial score (nSPS) is 18.2. The highest BCUT2D eigenvalue weighted by Gasteiger charge is 2.16. The molecule has 6 heteroatoms. The molecule has 106 valence electrons. The number of morpholine rings is 1. The van der Waals surface area contributed by atoms with Gasteiger partial charge in [0.05, 0.1) is 19.3 Å². The Bertz CT molecular complexity index is 415. The van der Waals surface area contributed by atoms with Crippen molar-refractivity contribution in [1.29, 1.82) is 0 Å². The number of carbonyl (C=O) groups is 1. The molecule has 0 radical (unpaired) electrons. The average Bonchev–Trinajstić information content (AvgIpc) is 2.86. The molecule has 2 rings (SSSR count). The number of aromatic carboxylic acids is 1. The van der Waals surface area contributed by atoms with Gasteiger partial charge < -0.3 is 14.6 Å². The summed E-state index contributed by atoms with van der Waals surface area (Å²) in [7, 11) is 0. The highest BCUT2D eigenvalue weighted by Crippen LogP contribution is 2.26. The van der Waals surface area contributed by atoms with Crippen molar-refractivity contribution in [3.8, 4) is 5.75 Å². The molecule has 0 spiro atoms. The number of thiophene rings is 1. The van der Waals surface area contributed by atoms with Gasteiger partial charge in [-0.15, -0.1) is 11.3 Å². The molecule has 1 N–H and O–H groups in total. The van der Waals surface area contributed by atoms with Crippen LogP contribution < -0.4 is 4.74 Å². The Morgan fingerprint density at radius 2 is 2.32 bits per heavy atom. The largest absolute Gasteiger partial charge is 0.489 e. The van der Waals surface area contributed by atoms with E-state index in [1.54, 1.807) is 11.4 Å².